The normalized spacial score (nSPS) is 24.0. The van der Waals surface area contributed by atoms with Crippen molar-refractivity contribution in [2.75, 3.05) is 13.6 Å². The smallest absolute Gasteiger partial charge is 0.207 e. The van der Waals surface area contributed by atoms with Gasteiger partial charge in [-0.25, -0.2) is 17.1 Å². The Morgan fingerprint density at radius 2 is 2.11 bits per heavy atom. The van der Waals surface area contributed by atoms with Gasteiger partial charge in [0.15, 0.2) is 0 Å². The van der Waals surface area contributed by atoms with Crippen LogP contribution >= 0.6 is 15.9 Å². The van der Waals surface area contributed by atoms with Crippen LogP contribution in [0.4, 0.5) is 4.39 Å². The third-order valence-corrected chi connectivity index (χ3v) is 5.76. The number of halogens is 2. The number of alkyl halides is 1. The molecule has 0 saturated heterocycles. The molecule has 2 rings (SSSR count). The average Bonchev–Trinajstić information content (AvgIpc) is 2.26. The molecule has 0 aromatic heterocycles. The molecular formula is C12H15BrFNO2S. The molecule has 1 aromatic carbocycles. The van der Waals surface area contributed by atoms with E-state index in [0.717, 1.165) is 18.9 Å². The van der Waals surface area contributed by atoms with Gasteiger partial charge in [-0.05, 0) is 37.0 Å². The first-order chi connectivity index (χ1) is 8.39. The number of benzene rings is 1. The van der Waals surface area contributed by atoms with Gasteiger partial charge in [-0.2, -0.15) is 0 Å². The van der Waals surface area contributed by atoms with E-state index in [1.165, 1.54) is 22.5 Å². The molecule has 0 atom stereocenters. The first-order valence-electron chi connectivity index (χ1n) is 5.75. The molecule has 0 spiro atoms. The Labute approximate surface area is 115 Å². The fraction of sp³-hybridized carbons (Fsp3) is 0.500. The van der Waals surface area contributed by atoms with Gasteiger partial charge in [-0.15, -0.1) is 0 Å². The summed E-state index contributed by atoms with van der Waals surface area (Å²) in [6, 6.07) is 5.12. The summed E-state index contributed by atoms with van der Waals surface area (Å²) in [5.41, 5.74) is 0. The lowest BCUT2D eigenvalue weighted by Gasteiger charge is -2.34. The van der Waals surface area contributed by atoms with Crippen molar-refractivity contribution in [3.8, 4) is 0 Å². The second-order valence-corrected chi connectivity index (χ2v) is 8.02. The SMILES string of the molecule is CN(CC1CC(Br)C1)S(=O)(=O)c1cccc(F)c1. The van der Waals surface area contributed by atoms with Crippen molar-refractivity contribution in [2.24, 2.45) is 5.92 Å². The maximum absolute atomic E-state index is 13.1. The number of hydrogen-bond donors (Lipinski definition) is 0. The fourth-order valence-corrected chi connectivity index (χ4v) is 4.41. The van der Waals surface area contributed by atoms with E-state index in [2.05, 4.69) is 15.9 Å². The topological polar surface area (TPSA) is 37.4 Å². The van der Waals surface area contributed by atoms with Crippen LogP contribution in [0.25, 0.3) is 0 Å². The van der Waals surface area contributed by atoms with Crippen molar-refractivity contribution >= 4 is 26.0 Å². The minimum absolute atomic E-state index is 0.0136. The van der Waals surface area contributed by atoms with Crippen molar-refractivity contribution in [1.29, 1.82) is 0 Å². The zero-order valence-electron chi connectivity index (χ0n) is 10.0. The number of rotatable bonds is 4. The zero-order valence-corrected chi connectivity index (χ0v) is 12.4. The molecular weight excluding hydrogens is 321 g/mol. The Hall–Kier alpha value is -0.460. The van der Waals surface area contributed by atoms with Crippen LogP contribution in [0, 0.1) is 11.7 Å². The molecule has 1 aliphatic carbocycles. The first-order valence-corrected chi connectivity index (χ1v) is 8.11. The molecule has 1 saturated carbocycles. The maximum atomic E-state index is 13.1. The largest absolute Gasteiger partial charge is 0.242 e. The summed E-state index contributed by atoms with van der Waals surface area (Å²) in [6.07, 6.45) is 1.98. The third-order valence-electron chi connectivity index (χ3n) is 3.20. The molecule has 1 aliphatic rings. The molecule has 0 bridgehead atoms. The summed E-state index contributed by atoms with van der Waals surface area (Å²) in [7, 11) is -2.03. The lowest BCUT2D eigenvalue weighted by atomic mass is 9.85. The van der Waals surface area contributed by atoms with Gasteiger partial charge in [-0.1, -0.05) is 22.0 Å². The lowest BCUT2D eigenvalue weighted by Crippen LogP contribution is -2.37. The second-order valence-electron chi connectivity index (χ2n) is 4.68. The monoisotopic (exact) mass is 335 g/mol. The summed E-state index contributed by atoms with van der Waals surface area (Å²) in [5.74, 6) is -0.142. The molecule has 6 heteroatoms. The molecule has 3 nitrogen and oxygen atoms in total. The number of hydrogen-bond acceptors (Lipinski definition) is 2. The highest BCUT2D eigenvalue weighted by Gasteiger charge is 2.31. The van der Waals surface area contributed by atoms with Crippen molar-refractivity contribution in [3.63, 3.8) is 0 Å². The minimum Gasteiger partial charge on any atom is -0.207 e. The summed E-state index contributed by atoms with van der Waals surface area (Å²) >= 11 is 3.48. The van der Waals surface area contributed by atoms with Gasteiger partial charge >= 0.3 is 0 Å². The van der Waals surface area contributed by atoms with Gasteiger partial charge in [0.25, 0.3) is 0 Å². The Kier molecular flexibility index (Phi) is 4.08. The van der Waals surface area contributed by atoms with Gasteiger partial charge in [-0.3, -0.25) is 0 Å². The van der Waals surface area contributed by atoms with Gasteiger partial charge in [0.05, 0.1) is 4.90 Å². The van der Waals surface area contributed by atoms with E-state index in [1.54, 1.807) is 7.05 Å². The van der Waals surface area contributed by atoms with Crippen molar-refractivity contribution < 1.29 is 12.8 Å². The van der Waals surface area contributed by atoms with Crippen LogP contribution in [-0.2, 0) is 10.0 Å². The minimum atomic E-state index is -3.57. The molecule has 0 aliphatic heterocycles. The highest BCUT2D eigenvalue weighted by molar-refractivity contribution is 9.09. The molecule has 0 radical (unpaired) electrons. The van der Waals surface area contributed by atoms with Crippen molar-refractivity contribution in [1.82, 2.24) is 4.31 Å². The highest BCUT2D eigenvalue weighted by atomic mass is 79.9. The average molecular weight is 336 g/mol. The van der Waals surface area contributed by atoms with Crippen LogP contribution < -0.4 is 0 Å². The zero-order chi connectivity index (χ0) is 13.3. The summed E-state index contributed by atoms with van der Waals surface area (Å²) in [5, 5.41) is 0. The van der Waals surface area contributed by atoms with Crippen LogP contribution in [-0.4, -0.2) is 31.1 Å². The first kappa shape index (κ1) is 14.0. The van der Waals surface area contributed by atoms with Crippen LogP contribution in [0.2, 0.25) is 0 Å². The molecule has 1 aromatic rings. The van der Waals surface area contributed by atoms with E-state index >= 15 is 0 Å². The molecule has 0 amide bonds. The van der Waals surface area contributed by atoms with Gasteiger partial charge < -0.3 is 0 Å². The fourth-order valence-electron chi connectivity index (χ4n) is 2.07. The Morgan fingerprint density at radius 1 is 1.44 bits per heavy atom. The van der Waals surface area contributed by atoms with E-state index in [1.807, 2.05) is 0 Å². The Morgan fingerprint density at radius 3 is 2.67 bits per heavy atom. The van der Waals surface area contributed by atoms with Gasteiger partial charge in [0, 0.05) is 18.4 Å². The molecule has 18 heavy (non-hydrogen) atoms. The van der Waals surface area contributed by atoms with E-state index in [-0.39, 0.29) is 4.90 Å². The molecule has 0 N–H and O–H groups in total. The summed E-state index contributed by atoms with van der Waals surface area (Å²) in [6.45, 7) is 0.487. The Bertz CT molecular complexity index is 529. The van der Waals surface area contributed by atoms with Crippen LogP contribution in [0.1, 0.15) is 12.8 Å². The van der Waals surface area contributed by atoms with Crippen LogP contribution in [0.5, 0.6) is 0 Å². The summed E-state index contributed by atoms with van der Waals surface area (Å²) in [4.78, 5) is 0.521. The quantitative estimate of drug-likeness (QED) is 0.793. The molecule has 1 fully saturated rings. The van der Waals surface area contributed by atoms with Crippen molar-refractivity contribution in [3.05, 3.63) is 30.1 Å². The standard InChI is InChI=1S/C12H15BrFNO2S/c1-15(8-9-5-10(13)6-9)18(16,17)12-4-2-3-11(14)7-12/h2-4,7,9-10H,5-6,8H2,1H3. The van der Waals surface area contributed by atoms with Gasteiger partial charge in [0.2, 0.25) is 10.0 Å². The highest BCUT2D eigenvalue weighted by Crippen LogP contribution is 2.34. The van der Waals surface area contributed by atoms with E-state index in [0.29, 0.717) is 17.3 Å². The van der Waals surface area contributed by atoms with Crippen LogP contribution in [0.3, 0.4) is 0 Å². The Balaban J connectivity index is 2.10. The molecule has 100 valence electrons. The van der Waals surface area contributed by atoms with E-state index in [4.69, 9.17) is 0 Å². The predicted molar refractivity (Wildman–Crippen MR) is 71.7 cm³/mol. The predicted octanol–water partition coefficient (Wildman–Crippen LogP) is 2.62. The number of nitrogens with zero attached hydrogens (tertiary/aromatic N) is 1. The van der Waals surface area contributed by atoms with Crippen LogP contribution in [0.15, 0.2) is 29.2 Å². The van der Waals surface area contributed by atoms with E-state index in [9.17, 15) is 12.8 Å². The maximum Gasteiger partial charge on any atom is 0.242 e. The molecule has 0 heterocycles. The second kappa shape index (κ2) is 5.27. The lowest BCUT2D eigenvalue weighted by molar-refractivity contribution is 0.275. The summed E-state index contributed by atoms with van der Waals surface area (Å²) < 4.78 is 38.8. The van der Waals surface area contributed by atoms with Crippen molar-refractivity contribution in [2.45, 2.75) is 22.6 Å². The number of sulfonamides is 1. The van der Waals surface area contributed by atoms with Gasteiger partial charge in [0.1, 0.15) is 5.82 Å². The third kappa shape index (κ3) is 2.92. The molecule has 0 unspecified atom stereocenters. The van der Waals surface area contributed by atoms with E-state index < -0.39 is 15.8 Å².